The number of hydrogen-bond acceptors (Lipinski definition) is 7. The Kier molecular flexibility index (Phi) is 4.21. The van der Waals surface area contributed by atoms with Crippen LogP contribution in [0.1, 0.15) is 6.92 Å². The number of carbonyl (C=O) groups excluding carboxylic acids is 1. The Bertz CT molecular complexity index is 1420. The standard InChI is InChI=1S/C22H16N6O3/c1-13(2)22(30)31-19-12-11-18(27-23-14-7-3-4-8-15(14)24-27)21(29)20(19)28-25-16-9-5-6-10-17(16)26-28/h3-12,29H,1H2,2H3. The summed E-state index contributed by atoms with van der Waals surface area (Å²) in [6.07, 6.45) is 0. The number of hydrogen-bond donors (Lipinski definition) is 1. The van der Waals surface area contributed by atoms with Crippen molar-refractivity contribution >= 4 is 28.0 Å². The molecule has 9 nitrogen and oxygen atoms in total. The average Bonchev–Trinajstić information content (AvgIpc) is 3.37. The average molecular weight is 412 g/mol. The Morgan fingerprint density at radius 2 is 1.32 bits per heavy atom. The number of benzene rings is 3. The Morgan fingerprint density at radius 1 is 0.839 bits per heavy atom. The molecule has 0 aliphatic carbocycles. The van der Waals surface area contributed by atoms with Crippen LogP contribution in [0.3, 0.4) is 0 Å². The van der Waals surface area contributed by atoms with E-state index in [9.17, 15) is 9.90 Å². The highest BCUT2D eigenvalue weighted by atomic mass is 16.5. The van der Waals surface area contributed by atoms with Gasteiger partial charge in [-0.1, -0.05) is 30.8 Å². The number of phenols is 1. The number of aromatic hydroxyl groups is 1. The van der Waals surface area contributed by atoms with Gasteiger partial charge in [0.15, 0.2) is 17.2 Å². The lowest BCUT2D eigenvalue weighted by atomic mass is 10.2. The van der Waals surface area contributed by atoms with Gasteiger partial charge in [-0.15, -0.1) is 30.0 Å². The third kappa shape index (κ3) is 3.18. The maximum absolute atomic E-state index is 12.2. The predicted molar refractivity (Wildman–Crippen MR) is 113 cm³/mol. The first-order chi connectivity index (χ1) is 15.0. The van der Waals surface area contributed by atoms with Gasteiger partial charge in [-0.25, -0.2) is 4.79 Å². The van der Waals surface area contributed by atoms with Crippen LogP contribution in [0.15, 0.2) is 72.8 Å². The second-order valence-corrected chi connectivity index (χ2v) is 6.91. The second kappa shape index (κ2) is 7.06. The van der Waals surface area contributed by atoms with E-state index in [0.717, 1.165) is 0 Å². The van der Waals surface area contributed by atoms with E-state index in [1.54, 1.807) is 18.2 Å². The van der Waals surface area contributed by atoms with E-state index in [-0.39, 0.29) is 28.4 Å². The molecule has 0 atom stereocenters. The van der Waals surface area contributed by atoms with Crippen molar-refractivity contribution in [1.82, 2.24) is 30.0 Å². The molecule has 0 bridgehead atoms. The van der Waals surface area contributed by atoms with Crippen LogP contribution in [0.25, 0.3) is 33.4 Å². The first-order valence-electron chi connectivity index (χ1n) is 9.40. The summed E-state index contributed by atoms with van der Waals surface area (Å²) >= 11 is 0. The summed E-state index contributed by atoms with van der Waals surface area (Å²) in [6, 6.07) is 17.7. The van der Waals surface area contributed by atoms with Crippen LogP contribution in [-0.4, -0.2) is 41.1 Å². The molecule has 152 valence electrons. The van der Waals surface area contributed by atoms with Gasteiger partial charge in [-0.2, -0.15) is 0 Å². The Hall–Kier alpha value is -4.53. The van der Waals surface area contributed by atoms with E-state index < -0.39 is 5.97 Å². The van der Waals surface area contributed by atoms with Gasteiger partial charge in [0, 0.05) is 5.57 Å². The number of phenolic OH excluding ortho intramolecular Hbond substituents is 1. The van der Waals surface area contributed by atoms with E-state index in [2.05, 4.69) is 27.0 Å². The zero-order chi connectivity index (χ0) is 21.5. The van der Waals surface area contributed by atoms with Gasteiger partial charge in [-0.05, 0) is 43.3 Å². The molecule has 5 rings (SSSR count). The van der Waals surface area contributed by atoms with Gasteiger partial charge >= 0.3 is 5.97 Å². The molecule has 0 unspecified atom stereocenters. The van der Waals surface area contributed by atoms with E-state index in [0.29, 0.717) is 22.1 Å². The molecule has 2 aromatic heterocycles. The Morgan fingerprint density at radius 3 is 1.81 bits per heavy atom. The second-order valence-electron chi connectivity index (χ2n) is 6.91. The topological polar surface area (TPSA) is 108 Å². The van der Waals surface area contributed by atoms with Crippen molar-refractivity contribution in [3.8, 4) is 22.9 Å². The summed E-state index contributed by atoms with van der Waals surface area (Å²) in [4.78, 5) is 14.7. The van der Waals surface area contributed by atoms with E-state index >= 15 is 0 Å². The van der Waals surface area contributed by atoms with Crippen molar-refractivity contribution in [3.05, 3.63) is 72.8 Å². The minimum atomic E-state index is -0.631. The summed E-state index contributed by atoms with van der Waals surface area (Å²) in [6.45, 7) is 5.14. The number of esters is 1. The smallest absolute Gasteiger partial charge is 0.338 e. The molecule has 0 saturated carbocycles. The number of fused-ring (bicyclic) bond motifs is 2. The zero-order valence-electron chi connectivity index (χ0n) is 16.4. The SMILES string of the molecule is C=C(C)C(=O)Oc1ccc(-n2nc3ccccc3n2)c(O)c1-n1nc2ccccc2n1. The minimum Gasteiger partial charge on any atom is -0.504 e. The van der Waals surface area contributed by atoms with Crippen LogP contribution in [-0.2, 0) is 4.79 Å². The van der Waals surface area contributed by atoms with Gasteiger partial charge in [0.05, 0.1) is 0 Å². The van der Waals surface area contributed by atoms with Crippen LogP contribution in [0.5, 0.6) is 11.5 Å². The van der Waals surface area contributed by atoms with E-state index in [4.69, 9.17) is 4.74 Å². The quantitative estimate of drug-likeness (QED) is 0.274. The molecule has 0 amide bonds. The first kappa shape index (κ1) is 18.5. The van der Waals surface area contributed by atoms with Gasteiger partial charge in [-0.3, -0.25) is 0 Å². The monoisotopic (exact) mass is 412 g/mol. The molecule has 0 aliphatic rings. The number of carbonyl (C=O) groups is 1. The number of nitrogens with zero attached hydrogens (tertiary/aromatic N) is 6. The third-order valence-electron chi connectivity index (χ3n) is 4.63. The molecule has 1 N–H and O–H groups in total. The summed E-state index contributed by atoms with van der Waals surface area (Å²) in [5, 5.41) is 28.8. The zero-order valence-corrected chi connectivity index (χ0v) is 16.4. The summed E-state index contributed by atoms with van der Waals surface area (Å²) in [5.41, 5.74) is 3.16. The van der Waals surface area contributed by atoms with Crippen LogP contribution in [0, 0.1) is 0 Å². The van der Waals surface area contributed by atoms with Crippen molar-refractivity contribution in [2.45, 2.75) is 6.92 Å². The Balaban J connectivity index is 1.72. The molecule has 31 heavy (non-hydrogen) atoms. The summed E-state index contributed by atoms with van der Waals surface area (Å²) < 4.78 is 5.44. The predicted octanol–water partition coefficient (Wildman–Crippen LogP) is 3.34. The lowest BCUT2D eigenvalue weighted by molar-refractivity contribution is -0.130. The lowest BCUT2D eigenvalue weighted by Crippen LogP contribution is -2.12. The third-order valence-corrected chi connectivity index (χ3v) is 4.63. The van der Waals surface area contributed by atoms with E-state index in [1.807, 2.05) is 36.4 Å². The molecule has 0 spiro atoms. The van der Waals surface area contributed by atoms with Gasteiger partial charge in [0.1, 0.15) is 27.8 Å². The van der Waals surface area contributed by atoms with Crippen LogP contribution in [0.4, 0.5) is 0 Å². The van der Waals surface area contributed by atoms with Crippen molar-refractivity contribution in [1.29, 1.82) is 0 Å². The van der Waals surface area contributed by atoms with Crippen molar-refractivity contribution in [3.63, 3.8) is 0 Å². The highest BCUT2D eigenvalue weighted by Crippen LogP contribution is 2.37. The summed E-state index contributed by atoms with van der Waals surface area (Å²) in [5.74, 6) is -0.799. The van der Waals surface area contributed by atoms with Crippen LogP contribution >= 0.6 is 0 Å². The van der Waals surface area contributed by atoms with Crippen molar-refractivity contribution in [2.75, 3.05) is 0 Å². The number of aromatic nitrogens is 6. The fourth-order valence-electron chi connectivity index (χ4n) is 3.10. The maximum atomic E-state index is 12.2. The number of ether oxygens (including phenoxy) is 1. The molecule has 9 heteroatoms. The number of rotatable bonds is 4. The van der Waals surface area contributed by atoms with Gasteiger partial charge in [0.25, 0.3) is 0 Å². The molecule has 0 radical (unpaired) electrons. The highest BCUT2D eigenvalue weighted by molar-refractivity contribution is 5.89. The molecule has 0 saturated heterocycles. The molecular formula is C22H16N6O3. The Labute approximate surface area is 175 Å². The van der Waals surface area contributed by atoms with E-state index in [1.165, 1.54) is 22.6 Å². The van der Waals surface area contributed by atoms with Gasteiger partial charge in [0.2, 0.25) is 0 Å². The molecule has 0 aliphatic heterocycles. The minimum absolute atomic E-state index is 0.0752. The molecule has 2 heterocycles. The fraction of sp³-hybridized carbons (Fsp3) is 0.0455. The normalized spacial score (nSPS) is 11.1. The lowest BCUT2D eigenvalue weighted by Gasteiger charge is -2.13. The van der Waals surface area contributed by atoms with Crippen LogP contribution in [0.2, 0.25) is 0 Å². The largest absolute Gasteiger partial charge is 0.504 e. The van der Waals surface area contributed by atoms with Crippen molar-refractivity contribution in [2.24, 2.45) is 0 Å². The maximum Gasteiger partial charge on any atom is 0.338 e. The molecule has 5 aromatic rings. The van der Waals surface area contributed by atoms with Gasteiger partial charge < -0.3 is 9.84 Å². The van der Waals surface area contributed by atoms with Crippen molar-refractivity contribution < 1.29 is 14.6 Å². The fourth-order valence-corrected chi connectivity index (χ4v) is 3.10. The molecular weight excluding hydrogens is 396 g/mol. The van der Waals surface area contributed by atoms with Crippen LogP contribution < -0.4 is 4.74 Å². The summed E-state index contributed by atoms with van der Waals surface area (Å²) in [7, 11) is 0. The molecule has 0 fully saturated rings. The highest BCUT2D eigenvalue weighted by Gasteiger charge is 2.23. The molecule has 3 aromatic carbocycles. The first-order valence-corrected chi connectivity index (χ1v) is 9.40.